The monoisotopic (exact) mass is 400 g/mol. The number of ether oxygens (including phenoxy) is 1. The van der Waals surface area contributed by atoms with Gasteiger partial charge in [-0.1, -0.05) is 23.9 Å². The fourth-order valence-corrected chi connectivity index (χ4v) is 4.31. The molecular formula is C17H16N6O2S2. The van der Waals surface area contributed by atoms with E-state index < -0.39 is 0 Å². The molecular weight excluding hydrogens is 384 g/mol. The maximum absolute atomic E-state index is 12.3. The molecule has 3 aromatic heterocycles. The molecule has 4 rings (SSSR count). The molecule has 0 aliphatic heterocycles. The highest BCUT2D eigenvalue weighted by Crippen LogP contribution is 2.27. The summed E-state index contributed by atoms with van der Waals surface area (Å²) in [5.74, 6) is 1.20. The van der Waals surface area contributed by atoms with Gasteiger partial charge >= 0.3 is 0 Å². The summed E-state index contributed by atoms with van der Waals surface area (Å²) in [6.07, 6.45) is 0. The highest BCUT2D eigenvalue weighted by atomic mass is 32.2. The average molecular weight is 400 g/mol. The summed E-state index contributed by atoms with van der Waals surface area (Å²) in [7, 11) is 0. The summed E-state index contributed by atoms with van der Waals surface area (Å²) in [5.41, 5.74) is 2.28. The van der Waals surface area contributed by atoms with Gasteiger partial charge in [-0.3, -0.25) is 9.20 Å². The Morgan fingerprint density at radius 3 is 3.00 bits per heavy atom. The minimum absolute atomic E-state index is 0.0735. The van der Waals surface area contributed by atoms with Crippen molar-refractivity contribution in [1.29, 1.82) is 0 Å². The molecule has 0 spiro atoms. The van der Waals surface area contributed by atoms with E-state index in [1.54, 1.807) is 15.1 Å². The lowest BCUT2D eigenvalue weighted by atomic mass is 10.3. The van der Waals surface area contributed by atoms with Crippen LogP contribution < -0.4 is 10.3 Å². The second kappa shape index (κ2) is 7.49. The van der Waals surface area contributed by atoms with E-state index >= 15 is 0 Å². The molecule has 10 heteroatoms. The largest absolute Gasteiger partial charge is 0.492 e. The molecule has 27 heavy (non-hydrogen) atoms. The third-order valence-corrected chi connectivity index (χ3v) is 5.71. The lowest BCUT2D eigenvalue weighted by molar-refractivity contribution is 0.337. The standard InChI is InChI=1S/C17H16N6O2S2/c1-3-25-14-7-5-4-6-13(14)23-17(19-20-21-23)27-10-12-8-15(24)22-11(2)9-26-16(22)18-12/h4-9H,3,10H2,1-2H3. The van der Waals surface area contributed by atoms with E-state index in [-0.39, 0.29) is 5.56 Å². The summed E-state index contributed by atoms with van der Waals surface area (Å²) in [6, 6.07) is 9.15. The van der Waals surface area contributed by atoms with Gasteiger partial charge in [-0.2, -0.15) is 4.68 Å². The number of hydrogen-bond donors (Lipinski definition) is 0. The van der Waals surface area contributed by atoms with Gasteiger partial charge in [0, 0.05) is 22.9 Å². The fraction of sp³-hybridized carbons (Fsp3) is 0.235. The smallest absolute Gasteiger partial charge is 0.258 e. The predicted molar refractivity (Wildman–Crippen MR) is 104 cm³/mol. The Morgan fingerprint density at radius 2 is 2.15 bits per heavy atom. The van der Waals surface area contributed by atoms with E-state index in [1.807, 2.05) is 43.5 Å². The van der Waals surface area contributed by atoms with Crippen LogP contribution in [0.5, 0.6) is 5.75 Å². The maximum Gasteiger partial charge on any atom is 0.258 e. The summed E-state index contributed by atoms with van der Waals surface area (Å²) >= 11 is 2.87. The normalized spacial score (nSPS) is 11.2. The minimum Gasteiger partial charge on any atom is -0.492 e. The van der Waals surface area contributed by atoms with E-state index in [4.69, 9.17) is 4.74 Å². The number of hydrogen-bond acceptors (Lipinski definition) is 8. The van der Waals surface area contributed by atoms with Crippen LogP contribution in [0.3, 0.4) is 0 Å². The van der Waals surface area contributed by atoms with Crippen LogP contribution in [-0.2, 0) is 5.75 Å². The predicted octanol–water partition coefficient (Wildman–Crippen LogP) is 2.73. The van der Waals surface area contributed by atoms with Gasteiger partial charge in [0.05, 0.1) is 12.3 Å². The Hall–Kier alpha value is -2.72. The molecule has 0 N–H and O–H groups in total. The van der Waals surface area contributed by atoms with E-state index in [0.29, 0.717) is 33.9 Å². The molecule has 0 bridgehead atoms. The SMILES string of the molecule is CCOc1ccccc1-n1nnnc1SCc1cc(=O)n2c(C)csc2n1. The van der Waals surface area contributed by atoms with Crippen LogP contribution >= 0.6 is 23.1 Å². The lowest BCUT2D eigenvalue weighted by Crippen LogP contribution is -2.14. The quantitative estimate of drug-likeness (QED) is 0.460. The number of benzene rings is 1. The van der Waals surface area contributed by atoms with Crippen molar-refractivity contribution in [1.82, 2.24) is 29.6 Å². The number of tetrazole rings is 1. The molecule has 0 fully saturated rings. The fourth-order valence-electron chi connectivity index (χ4n) is 2.64. The molecule has 0 saturated carbocycles. The Kier molecular flexibility index (Phi) is 4.90. The summed E-state index contributed by atoms with van der Waals surface area (Å²) in [5, 5.41) is 14.5. The summed E-state index contributed by atoms with van der Waals surface area (Å²) in [6.45, 7) is 4.37. The Labute approximate surface area is 162 Å². The highest BCUT2D eigenvalue weighted by molar-refractivity contribution is 7.98. The molecule has 0 unspecified atom stereocenters. The van der Waals surface area contributed by atoms with Crippen LogP contribution in [0.15, 0.2) is 45.7 Å². The average Bonchev–Trinajstić information content (AvgIpc) is 3.28. The van der Waals surface area contributed by atoms with Crippen LogP contribution in [0.2, 0.25) is 0 Å². The van der Waals surface area contributed by atoms with Gasteiger partial charge in [0.2, 0.25) is 5.16 Å². The van der Waals surface area contributed by atoms with Gasteiger partial charge in [-0.25, -0.2) is 4.98 Å². The van der Waals surface area contributed by atoms with Crippen LogP contribution in [0.25, 0.3) is 10.6 Å². The van der Waals surface area contributed by atoms with Crippen molar-refractivity contribution in [2.45, 2.75) is 24.8 Å². The Morgan fingerprint density at radius 1 is 1.30 bits per heavy atom. The van der Waals surface area contributed by atoms with Crippen molar-refractivity contribution in [2.24, 2.45) is 0 Å². The van der Waals surface area contributed by atoms with Crippen molar-refractivity contribution < 1.29 is 4.74 Å². The Balaban J connectivity index is 1.61. The summed E-state index contributed by atoms with van der Waals surface area (Å²) in [4.78, 5) is 17.6. The Bertz CT molecular complexity index is 1150. The first-order chi connectivity index (χ1) is 13.2. The molecule has 3 heterocycles. The molecule has 138 valence electrons. The molecule has 4 aromatic rings. The molecule has 0 saturated heterocycles. The van der Waals surface area contributed by atoms with Crippen molar-refractivity contribution in [3.05, 3.63) is 57.5 Å². The minimum atomic E-state index is -0.0735. The lowest BCUT2D eigenvalue weighted by Gasteiger charge is -2.10. The van der Waals surface area contributed by atoms with Crippen LogP contribution in [0.1, 0.15) is 18.3 Å². The third-order valence-electron chi connectivity index (χ3n) is 3.81. The number of aryl methyl sites for hydroxylation is 1. The zero-order valence-corrected chi connectivity index (χ0v) is 16.3. The van der Waals surface area contributed by atoms with Crippen LogP contribution in [-0.4, -0.2) is 36.2 Å². The zero-order valence-electron chi connectivity index (χ0n) is 14.7. The topological polar surface area (TPSA) is 87.2 Å². The first-order valence-electron chi connectivity index (χ1n) is 8.27. The maximum atomic E-state index is 12.3. The van der Waals surface area contributed by atoms with Crippen molar-refractivity contribution in [3.8, 4) is 11.4 Å². The van der Waals surface area contributed by atoms with Crippen LogP contribution in [0.4, 0.5) is 0 Å². The van der Waals surface area contributed by atoms with Gasteiger partial charge in [0.15, 0.2) is 4.96 Å². The van der Waals surface area contributed by atoms with Gasteiger partial charge in [-0.05, 0) is 36.4 Å². The van der Waals surface area contributed by atoms with Gasteiger partial charge in [-0.15, -0.1) is 16.4 Å². The first-order valence-corrected chi connectivity index (χ1v) is 10.1. The number of para-hydroxylation sites is 2. The number of thiazole rings is 1. The summed E-state index contributed by atoms with van der Waals surface area (Å²) < 4.78 is 8.91. The highest BCUT2D eigenvalue weighted by Gasteiger charge is 2.14. The van der Waals surface area contributed by atoms with Crippen LogP contribution in [0, 0.1) is 6.92 Å². The van der Waals surface area contributed by atoms with Gasteiger partial charge in [0.1, 0.15) is 11.4 Å². The number of rotatable bonds is 6. The number of fused-ring (bicyclic) bond motifs is 1. The molecule has 0 aliphatic rings. The van der Waals surface area contributed by atoms with Crippen molar-refractivity contribution in [2.75, 3.05) is 6.61 Å². The van der Waals surface area contributed by atoms with Gasteiger partial charge < -0.3 is 4.74 Å². The van der Waals surface area contributed by atoms with Crippen molar-refractivity contribution in [3.63, 3.8) is 0 Å². The molecule has 0 radical (unpaired) electrons. The number of aromatic nitrogens is 6. The zero-order chi connectivity index (χ0) is 18.8. The van der Waals surface area contributed by atoms with E-state index in [9.17, 15) is 4.79 Å². The van der Waals surface area contributed by atoms with E-state index in [1.165, 1.54) is 23.1 Å². The number of nitrogens with zero attached hydrogens (tertiary/aromatic N) is 6. The number of thioether (sulfide) groups is 1. The third kappa shape index (κ3) is 3.45. The molecule has 1 aromatic carbocycles. The van der Waals surface area contributed by atoms with E-state index in [0.717, 1.165) is 11.4 Å². The molecule has 0 amide bonds. The van der Waals surface area contributed by atoms with Crippen molar-refractivity contribution >= 4 is 28.1 Å². The molecule has 0 aliphatic carbocycles. The second-order valence-corrected chi connectivity index (χ2v) is 7.42. The van der Waals surface area contributed by atoms with Gasteiger partial charge in [0.25, 0.3) is 5.56 Å². The second-order valence-electron chi connectivity index (χ2n) is 5.64. The molecule has 0 atom stereocenters. The van der Waals surface area contributed by atoms with E-state index in [2.05, 4.69) is 20.5 Å². The first kappa shape index (κ1) is 17.7. The molecule has 8 nitrogen and oxygen atoms in total.